The van der Waals surface area contributed by atoms with Crippen LogP contribution in [0.2, 0.25) is 0 Å². The smallest absolute Gasteiger partial charge is 0.256 e. The SMILES string of the molecule is COc1cccc(C(=O)Nc2ccc(Nc3ccc(C)cc3C)cn2)c1. The van der Waals surface area contributed by atoms with E-state index < -0.39 is 0 Å². The van der Waals surface area contributed by atoms with Gasteiger partial charge < -0.3 is 15.4 Å². The summed E-state index contributed by atoms with van der Waals surface area (Å²) in [6.07, 6.45) is 1.69. The molecule has 5 nitrogen and oxygen atoms in total. The van der Waals surface area contributed by atoms with Crippen molar-refractivity contribution < 1.29 is 9.53 Å². The quantitative estimate of drug-likeness (QED) is 0.702. The maximum Gasteiger partial charge on any atom is 0.256 e. The average molecular weight is 347 g/mol. The van der Waals surface area contributed by atoms with Crippen LogP contribution in [0.3, 0.4) is 0 Å². The first kappa shape index (κ1) is 17.5. The van der Waals surface area contributed by atoms with Crippen molar-refractivity contribution in [3.05, 3.63) is 77.5 Å². The number of aromatic nitrogens is 1. The van der Waals surface area contributed by atoms with E-state index in [2.05, 4.69) is 41.6 Å². The second-order valence-corrected chi connectivity index (χ2v) is 6.06. The molecule has 2 N–H and O–H groups in total. The Labute approximate surface area is 153 Å². The van der Waals surface area contributed by atoms with E-state index in [9.17, 15) is 4.79 Å². The lowest BCUT2D eigenvalue weighted by Gasteiger charge is -2.11. The van der Waals surface area contributed by atoms with E-state index in [1.165, 1.54) is 11.1 Å². The van der Waals surface area contributed by atoms with Gasteiger partial charge in [-0.1, -0.05) is 23.8 Å². The first-order valence-corrected chi connectivity index (χ1v) is 8.31. The lowest BCUT2D eigenvalue weighted by Crippen LogP contribution is -2.13. The normalized spacial score (nSPS) is 10.3. The highest BCUT2D eigenvalue weighted by atomic mass is 16.5. The fourth-order valence-corrected chi connectivity index (χ4v) is 2.60. The van der Waals surface area contributed by atoms with E-state index in [0.717, 1.165) is 11.4 Å². The van der Waals surface area contributed by atoms with E-state index in [4.69, 9.17) is 4.74 Å². The first-order chi connectivity index (χ1) is 12.5. The second-order valence-electron chi connectivity index (χ2n) is 6.06. The van der Waals surface area contributed by atoms with Gasteiger partial charge in [0.25, 0.3) is 5.91 Å². The van der Waals surface area contributed by atoms with Crippen molar-refractivity contribution in [3.8, 4) is 5.75 Å². The van der Waals surface area contributed by atoms with Crippen LogP contribution in [0.25, 0.3) is 0 Å². The summed E-state index contributed by atoms with van der Waals surface area (Å²) in [4.78, 5) is 16.6. The highest BCUT2D eigenvalue weighted by Crippen LogP contribution is 2.22. The molecule has 0 saturated carbocycles. The number of hydrogen-bond donors (Lipinski definition) is 2. The van der Waals surface area contributed by atoms with Gasteiger partial charge in [0.05, 0.1) is 19.0 Å². The molecule has 0 saturated heterocycles. The summed E-state index contributed by atoms with van der Waals surface area (Å²) in [6, 6.07) is 16.9. The maximum atomic E-state index is 12.3. The molecule has 3 rings (SSSR count). The molecule has 26 heavy (non-hydrogen) atoms. The van der Waals surface area contributed by atoms with Gasteiger partial charge in [-0.2, -0.15) is 0 Å². The molecule has 1 heterocycles. The number of benzene rings is 2. The first-order valence-electron chi connectivity index (χ1n) is 8.31. The third-order valence-electron chi connectivity index (χ3n) is 4.00. The predicted octanol–water partition coefficient (Wildman–Crippen LogP) is 4.70. The highest BCUT2D eigenvalue weighted by Gasteiger charge is 2.08. The van der Waals surface area contributed by atoms with Gasteiger partial charge in [0.2, 0.25) is 0 Å². The number of pyridine rings is 1. The summed E-state index contributed by atoms with van der Waals surface area (Å²) >= 11 is 0. The Morgan fingerprint density at radius 2 is 1.88 bits per heavy atom. The Morgan fingerprint density at radius 1 is 1.04 bits per heavy atom. The van der Waals surface area contributed by atoms with Crippen molar-refractivity contribution in [2.24, 2.45) is 0 Å². The van der Waals surface area contributed by atoms with Crippen LogP contribution in [0, 0.1) is 13.8 Å². The number of carbonyl (C=O) groups excluding carboxylic acids is 1. The number of anilines is 3. The number of nitrogens with zero attached hydrogens (tertiary/aromatic N) is 1. The third kappa shape index (κ3) is 4.19. The number of carbonyl (C=O) groups is 1. The molecule has 0 radical (unpaired) electrons. The van der Waals surface area contributed by atoms with Crippen LogP contribution in [0.4, 0.5) is 17.2 Å². The van der Waals surface area contributed by atoms with Crippen LogP contribution < -0.4 is 15.4 Å². The van der Waals surface area contributed by atoms with Crippen molar-refractivity contribution in [2.75, 3.05) is 17.7 Å². The van der Waals surface area contributed by atoms with Gasteiger partial charge in [-0.25, -0.2) is 4.98 Å². The van der Waals surface area contributed by atoms with Crippen molar-refractivity contribution in [1.29, 1.82) is 0 Å². The number of ether oxygens (including phenoxy) is 1. The molecule has 0 aliphatic rings. The molecular weight excluding hydrogens is 326 g/mol. The van der Waals surface area contributed by atoms with Gasteiger partial charge in [0, 0.05) is 11.3 Å². The third-order valence-corrected chi connectivity index (χ3v) is 4.00. The van der Waals surface area contributed by atoms with Crippen LogP contribution in [0.1, 0.15) is 21.5 Å². The second kappa shape index (κ2) is 7.70. The van der Waals surface area contributed by atoms with Crippen LogP contribution in [-0.2, 0) is 0 Å². The molecule has 0 bridgehead atoms. The highest BCUT2D eigenvalue weighted by molar-refractivity contribution is 6.04. The predicted molar refractivity (Wildman–Crippen MR) is 104 cm³/mol. The van der Waals surface area contributed by atoms with E-state index in [-0.39, 0.29) is 5.91 Å². The number of rotatable bonds is 5. The minimum atomic E-state index is -0.230. The Bertz CT molecular complexity index is 921. The standard InChI is InChI=1S/C21H21N3O2/c1-14-7-9-19(15(2)11-14)23-17-8-10-20(22-13-17)24-21(25)16-5-4-6-18(12-16)26-3/h4-13,23H,1-3H3,(H,22,24,25). The molecule has 132 valence electrons. The van der Waals surface area contributed by atoms with Crippen molar-refractivity contribution in [2.45, 2.75) is 13.8 Å². The fraction of sp³-hybridized carbons (Fsp3) is 0.143. The summed E-state index contributed by atoms with van der Waals surface area (Å²) < 4.78 is 5.14. The Morgan fingerprint density at radius 3 is 2.58 bits per heavy atom. The molecule has 3 aromatic rings. The number of aryl methyl sites for hydroxylation is 2. The fourth-order valence-electron chi connectivity index (χ4n) is 2.60. The van der Waals surface area contributed by atoms with Gasteiger partial charge in [0.15, 0.2) is 0 Å². The zero-order chi connectivity index (χ0) is 18.5. The van der Waals surface area contributed by atoms with Crippen molar-refractivity contribution in [1.82, 2.24) is 4.98 Å². The summed E-state index contributed by atoms with van der Waals surface area (Å²) in [7, 11) is 1.57. The van der Waals surface area contributed by atoms with Gasteiger partial charge in [-0.3, -0.25) is 4.79 Å². The van der Waals surface area contributed by atoms with Gasteiger partial charge >= 0.3 is 0 Å². The van der Waals surface area contributed by atoms with E-state index >= 15 is 0 Å². The molecule has 0 atom stereocenters. The summed E-state index contributed by atoms with van der Waals surface area (Å²) in [5.74, 6) is 0.897. The number of methoxy groups -OCH3 is 1. The van der Waals surface area contributed by atoms with Gasteiger partial charge in [-0.05, 0) is 55.8 Å². The minimum absolute atomic E-state index is 0.230. The van der Waals surface area contributed by atoms with Crippen LogP contribution in [-0.4, -0.2) is 18.0 Å². The van der Waals surface area contributed by atoms with Crippen molar-refractivity contribution >= 4 is 23.1 Å². The van der Waals surface area contributed by atoms with Crippen LogP contribution >= 0.6 is 0 Å². The Balaban J connectivity index is 1.68. The largest absolute Gasteiger partial charge is 0.497 e. The summed E-state index contributed by atoms with van der Waals surface area (Å²) in [5.41, 5.74) is 4.80. The molecule has 5 heteroatoms. The molecular formula is C21H21N3O2. The Kier molecular flexibility index (Phi) is 5.17. The van der Waals surface area contributed by atoms with Crippen LogP contribution in [0.15, 0.2) is 60.8 Å². The molecule has 0 unspecified atom stereocenters. The number of amides is 1. The van der Waals surface area contributed by atoms with E-state index in [1.807, 2.05) is 12.1 Å². The summed E-state index contributed by atoms with van der Waals surface area (Å²) in [5, 5.41) is 6.12. The number of hydrogen-bond acceptors (Lipinski definition) is 4. The topological polar surface area (TPSA) is 63.2 Å². The van der Waals surface area contributed by atoms with Crippen LogP contribution in [0.5, 0.6) is 5.75 Å². The molecule has 0 fully saturated rings. The molecule has 1 amide bonds. The molecule has 1 aromatic heterocycles. The zero-order valence-electron chi connectivity index (χ0n) is 15.0. The lowest BCUT2D eigenvalue weighted by atomic mass is 10.1. The molecule has 0 aliphatic heterocycles. The lowest BCUT2D eigenvalue weighted by molar-refractivity contribution is 0.102. The zero-order valence-corrected chi connectivity index (χ0v) is 15.0. The maximum absolute atomic E-state index is 12.3. The van der Waals surface area contributed by atoms with E-state index in [1.54, 1.807) is 43.6 Å². The monoisotopic (exact) mass is 347 g/mol. The van der Waals surface area contributed by atoms with E-state index in [0.29, 0.717) is 17.1 Å². The molecule has 0 aliphatic carbocycles. The van der Waals surface area contributed by atoms with Crippen molar-refractivity contribution in [3.63, 3.8) is 0 Å². The Hall–Kier alpha value is -3.34. The molecule has 0 spiro atoms. The van der Waals surface area contributed by atoms with Gasteiger partial charge in [0.1, 0.15) is 11.6 Å². The number of nitrogens with one attached hydrogen (secondary N) is 2. The van der Waals surface area contributed by atoms with Gasteiger partial charge in [-0.15, -0.1) is 0 Å². The average Bonchev–Trinajstić information content (AvgIpc) is 2.65. The molecule has 2 aromatic carbocycles. The summed E-state index contributed by atoms with van der Waals surface area (Å²) in [6.45, 7) is 4.13. The minimum Gasteiger partial charge on any atom is -0.497 e.